The summed E-state index contributed by atoms with van der Waals surface area (Å²) in [6.07, 6.45) is -0.211. The monoisotopic (exact) mass is 414 g/mol. The largest absolute Gasteiger partial charge is 0.486 e. The SMILES string of the molecule is CN=C(NCc1cccc(CN2CCOCC2)c1)NCC(C)Oc1ccccc1F. The average molecular weight is 415 g/mol. The van der Waals surface area contributed by atoms with Crippen LogP contribution >= 0.6 is 0 Å². The molecule has 0 bridgehead atoms. The fourth-order valence-corrected chi connectivity index (χ4v) is 3.30. The lowest BCUT2D eigenvalue weighted by atomic mass is 10.1. The molecule has 7 heteroatoms. The number of rotatable bonds is 8. The van der Waals surface area contributed by atoms with Gasteiger partial charge in [0.15, 0.2) is 17.5 Å². The van der Waals surface area contributed by atoms with E-state index < -0.39 is 0 Å². The Morgan fingerprint density at radius 1 is 1.13 bits per heavy atom. The smallest absolute Gasteiger partial charge is 0.191 e. The number of aliphatic imine (C=N–C) groups is 1. The van der Waals surface area contributed by atoms with Crippen LogP contribution in [0.4, 0.5) is 4.39 Å². The maximum Gasteiger partial charge on any atom is 0.191 e. The van der Waals surface area contributed by atoms with Crippen LogP contribution in [0.15, 0.2) is 53.5 Å². The predicted molar refractivity (Wildman–Crippen MR) is 117 cm³/mol. The molecular weight excluding hydrogens is 383 g/mol. The Balaban J connectivity index is 1.44. The highest BCUT2D eigenvalue weighted by molar-refractivity contribution is 5.79. The Hall–Kier alpha value is -2.64. The van der Waals surface area contributed by atoms with Crippen molar-refractivity contribution in [3.63, 3.8) is 0 Å². The fourth-order valence-electron chi connectivity index (χ4n) is 3.30. The van der Waals surface area contributed by atoms with E-state index in [-0.39, 0.29) is 17.7 Å². The van der Waals surface area contributed by atoms with Crippen LogP contribution in [0.1, 0.15) is 18.1 Å². The van der Waals surface area contributed by atoms with Gasteiger partial charge in [-0.3, -0.25) is 9.89 Å². The van der Waals surface area contributed by atoms with E-state index in [2.05, 4.69) is 44.8 Å². The summed E-state index contributed by atoms with van der Waals surface area (Å²) < 4.78 is 24.8. The summed E-state index contributed by atoms with van der Waals surface area (Å²) in [6, 6.07) is 15.0. The Morgan fingerprint density at radius 3 is 2.67 bits per heavy atom. The van der Waals surface area contributed by atoms with Crippen molar-refractivity contribution in [2.45, 2.75) is 26.1 Å². The average Bonchev–Trinajstić information content (AvgIpc) is 2.76. The Kier molecular flexibility index (Phi) is 8.47. The maximum atomic E-state index is 13.7. The molecule has 1 fully saturated rings. The molecule has 0 radical (unpaired) electrons. The van der Waals surface area contributed by atoms with E-state index in [0.717, 1.165) is 32.8 Å². The minimum atomic E-state index is -0.358. The molecule has 1 unspecified atom stereocenters. The molecule has 0 spiro atoms. The summed E-state index contributed by atoms with van der Waals surface area (Å²) in [4.78, 5) is 6.67. The van der Waals surface area contributed by atoms with Crippen molar-refractivity contribution >= 4 is 5.96 Å². The predicted octanol–water partition coefficient (Wildman–Crippen LogP) is 2.79. The van der Waals surface area contributed by atoms with Crippen molar-refractivity contribution in [3.05, 3.63) is 65.5 Å². The van der Waals surface area contributed by atoms with Crippen LogP contribution in [-0.4, -0.2) is 56.9 Å². The summed E-state index contributed by atoms with van der Waals surface area (Å²) in [5.74, 6) is 0.577. The summed E-state index contributed by atoms with van der Waals surface area (Å²) in [5, 5.41) is 6.55. The van der Waals surface area contributed by atoms with Gasteiger partial charge in [0.2, 0.25) is 0 Å². The minimum absolute atomic E-state index is 0.211. The summed E-state index contributed by atoms with van der Waals surface area (Å²) in [6.45, 7) is 7.57. The van der Waals surface area contributed by atoms with Crippen LogP contribution in [0.3, 0.4) is 0 Å². The topological polar surface area (TPSA) is 58.1 Å². The molecule has 1 atom stereocenters. The van der Waals surface area contributed by atoms with Crippen LogP contribution in [0.5, 0.6) is 5.75 Å². The van der Waals surface area contributed by atoms with Crippen molar-refractivity contribution in [1.82, 2.24) is 15.5 Å². The van der Waals surface area contributed by atoms with Crippen LogP contribution in [0.2, 0.25) is 0 Å². The first kappa shape index (κ1) is 22.1. The molecule has 0 amide bonds. The van der Waals surface area contributed by atoms with Gasteiger partial charge in [-0.1, -0.05) is 36.4 Å². The molecule has 1 aliphatic rings. The number of morpholine rings is 1. The van der Waals surface area contributed by atoms with E-state index in [4.69, 9.17) is 9.47 Å². The maximum absolute atomic E-state index is 13.7. The third-order valence-corrected chi connectivity index (χ3v) is 4.91. The molecule has 30 heavy (non-hydrogen) atoms. The Labute approximate surface area is 178 Å². The molecule has 162 valence electrons. The first-order valence-electron chi connectivity index (χ1n) is 10.4. The summed E-state index contributed by atoms with van der Waals surface area (Å²) >= 11 is 0. The molecule has 1 heterocycles. The number of para-hydroxylation sites is 1. The second-order valence-electron chi connectivity index (χ2n) is 7.37. The van der Waals surface area contributed by atoms with Crippen molar-refractivity contribution in [1.29, 1.82) is 0 Å². The molecule has 2 N–H and O–H groups in total. The van der Waals surface area contributed by atoms with E-state index in [9.17, 15) is 4.39 Å². The second kappa shape index (κ2) is 11.5. The van der Waals surface area contributed by atoms with Gasteiger partial charge < -0.3 is 20.1 Å². The number of nitrogens with one attached hydrogen (secondary N) is 2. The second-order valence-corrected chi connectivity index (χ2v) is 7.37. The summed E-state index contributed by atoms with van der Waals surface area (Å²) in [5.41, 5.74) is 2.49. The molecule has 2 aromatic rings. The molecule has 0 aromatic heterocycles. The van der Waals surface area contributed by atoms with E-state index in [1.54, 1.807) is 25.2 Å². The number of ether oxygens (including phenoxy) is 2. The molecule has 1 aliphatic heterocycles. The first-order valence-corrected chi connectivity index (χ1v) is 10.4. The number of halogens is 1. The van der Waals surface area contributed by atoms with Gasteiger partial charge in [0, 0.05) is 33.2 Å². The van der Waals surface area contributed by atoms with Gasteiger partial charge in [0.05, 0.1) is 19.8 Å². The molecular formula is C23H31FN4O2. The van der Waals surface area contributed by atoms with Crippen LogP contribution in [0.25, 0.3) is 0 Å². The van der Waals surface area contributed by atoms with Crippen molar-refractivity contribution in [2.75, 3.05) is 39.9 Å². The van der Waals surface area contributed by atoms with E-state index >= 15 is 0 Å². The van der Waals surface area contributed by atoms with Crippen LogP contribution in [-0.2, 0) is 17.8 Å². The highest BCUT2D eigenvalue weighted by Crippen LogP contribution is 2.16. The first-order chi connectivity index (χ1) is 14.6. The minimum Gasteiger partial charge on any atom is -0.486 e. The standard InChI is InChI=1S/C23H31FN4O2/c1-18(30-22-9-4-3-8-21(22)24)15-26-23(25-2)27-16-19-6-5-7-20(14-19)17-28-10-12-29-13-11-28/h3-9,14,18H,10-13,15-17H2,1-2H3,(H2,25,26,27). The van der Waals surface area contributed by atoms with Gasteiger partial charge in [0.1, 0.15) is 6.10 Å². The molecule has 0 saturated carbocycles. The molecule has 1 saturated heterocycles. The Morgan fingerprint density at radius 2 is 1.90 bits per heavy atom. The van der Waals surface area contributed by atoms with Gasteiger partial charge >= 0.3 is 0 Å². The Bertz CT molecular complexity index is 824. The fraction of sp³-hybridized carbons (Fsp3) is 0.435. The molecule has 6 nitrogen and oxygen atoms in total. The highest BCUT2D eigenvalue weighted by atomic mass is 19.1. The lowest BCUT2D eigenvalue weighted by Crippen LogP contribution is -2.41. The quantitative estimate of drug-likeness (QED) is 0.514. The molecule has 2 aromatic carbocycles. The van der Waals surface area contributed by atoms with E-state index in [0.29, 0.717) is 19.0 Å². The zero-order valence-electron chi connectivity index (χ0n) is 17.7. The zero-order valence-corrected chi connectivity index (χ0v) is 17.7. The van der Waals surface area contributed by atoms with E-state index in [1.165, 1.54) is 17.2 Å². The van der Waals surface area contributed by atoms with Gasteiger partial charge in [-0.15, -0.1) is 0 Å². The normalized spacial score (nSPS) is 16.2. The molecule has 0 aliphatic carbocycles. The van der Waals surface area contributed by atoms with Gasteiger partial charge in [-0.25, -0.2) is 4.39 Å². The highest BCUT2D eigenvalue weighted by Gasteiger charge is 2.11. The molecule has 3 rings (SSSR count). The lowest BCUT2D eigenvalue weighted by molar-refractivity contribution is 0.0342. The number of hydrogen-bond acceptors (Lipinski definition) is 4. The van der Waals surface area contributed by atoms with Crippen molar-refractivity contribution in [2.24, 2.45) is 4.99 Å². The number of benzene rings is 2. The zero-order chi connectivity index (χ0) is 21.2. The van der Waals surface area contributed by atoms with Gasteiger partial charge in [-0.05, 0) is 30.2 Å². The number of guanidine groups is 1. The lowest BCUT2D eigenvalue weighted by Gasteiger charge is -2.26. The van der Waals surface area contributed by atoms with Crippen molar-refractivity contribution < 1.29 is 13.9 Å². The van der Waals surface area contributed by atoms with Gasteiger partial charge in [0.25, 0.3) is 0 Å². The van der Waals surface area contributed by atoms with Gasteiger partial charge in [-0.2, -0.15) is 0 Å². The van der Waals surface area contributed by atoms with Crippen LogP contribution < -0.4 is 15.4 Å². The van der Waals surface area contributed by atoms with E-state index in [1.807, 2.05) is 6.92 Å². The number of hydrogen-bond donors (Lipinski definition) is 2. The van der Waals surface area contributed by atoms with Crippen molar-refractivity contribution in [3.8, 4) is 5.75 Å². The third-order valence-electron chi connectivity index (χ3n) is 4.91. The summed E-state index contributed by atoms with van der Waals surface area (Å²) in [7, 11) is 1.73. The third kappa shape index (κ3) is 7.00. The number of nitrogens with zero attached hydrogens (tertiary/aromatic N) is 2. The van der Waals surface area contributed by atoms with Crippen LogP contribution in [0, 0.1) is 5.82 Å².